The molecule has 2 aliphatic rings. The van der Waals surface area contributed by atoms with Gasteiger partial charge < -0.3 is 51.1 Å². The quantitative estimate of drug-likeness (QED) is 0.0270. The number of aliphatic hydroxyl groups is 4. The zero-order valence-corrected chi connectivity index (χ0v) is 25.2. The van der Waals surface area contributed by atoms with Crippen molar-refractivity contribution in [3.8, 4) is 0 Å². The lowest BCUT2D eigenvalue weighted by atomic mass is 10.0. The van der Waals surface area contributed by atoms with E-state index in [1.54, 1.807) is 11.8 Å². The minimum atomic E-state index is -5.45. The molecule has 0 radical (unpaired) electrons. The van der Waals surface area contributed by atoms with E-state index in [1.807, 2.05) is 0 Å². The Morgan fingerprint density at radius 3 is 2.53 bits per heavy atom. The van der Waals surface area contributed by atoms with Gasteiger partial charge in [0, 0.05) is 35.1 Å². The fraction of sp³-hybridized carbons (Fsp3) is 0.810. The van der Waals surface area contributed by atoms with Gasteiger partial charge in [0.05, 0.1) is 31.8 Å². The van der Waals surface area contributed by atoms with Crippen molar-refractivity contribution in [2.75, 3.05) is 45.6 Å². The van der Waals surface area contributed by atoms with Crippen molar-refractivity contribution < 1.29 is 76.0 Å². The van der Waals surface area contributed by atoms with Gasteiger partial charge in [0.1, 0.15) is 24.9 Å². The summed E-state index contributed by atoms with van der Waals surface area (Å²) in [7, 11) is -10.8. The highest BCUT2D eigenvalue weighted by molar-refractivity contribution is 8.00. The van der Waals surface area contributed by atoms with Crippen LogP contribution in [0.1, 0.15) is 29.8 Å². The number of phosphoric ester groups is 2. The number of likely N-dealkylation sites (N-methyl/N-ethyl adjacent to an activating group) is 1. The molecule has 43 heavy (non-hydrogen) atoms. The number of aliphatic hydroxyl groups excluding tert-OH is 4. The maximum atomic E-state index is 12.6. The Bertz CT molecular complexity index is 1190. The summed E-state index contributed by atoms with van der Waals surface area (Å²) in [5.74, 6) is -2.29. The summed E-state index contributed by atoms with van der Waals surface area (Å²) in [5.41, 5.74) is 0. The van der Waals surface area contributed by atoms with Gasteiger partial charge in [0.15, 0.2) is 5.78 Å². The second-order valence-electron chi connectivity index (χ2n) is 9.47. The standard InChI is InChI=1S/C21H38N4O15P2S/c1-25(17(30)5-3-2-4-15-18-12(11-43-15)23-21(33)24-18)8-16(29)22-6-7-38-41(34,35)40-42(36,37)39-10-14(28)20(32)19(31)13(27)9-26/h12,14-15,18-20,26,28,31-32H,2-11H2,1H3,(H,22,29)(H,34,35)(H,36,37)(H2,23,24,33)/t12-,14+,15-,18-,19+,20+/m0/s1/i1D3,16+1. The first-order chi connectivity index (χ1) is 21.3. The number of Topliss-reactive ketones (excluding diaryl/α,β-unsaturated/α-hetero) is 1. The molecule has 248 valence electrons. The van der Waals surface area contributed by atoms with Crippen LogP contribution in [-0.4, -0.2) is 140 Å². The van der Waals surface area contributed by atoms with E-state index >= 15 is 0 Å². The smallest absolute Gasteiger partial charge is 0.388 e. The lowest BCUT2D eigenvalue weighted by molar-refractivity contribution is -0.142. The molecule has 22 heteroatoms. The molecule has 0 aromatic heterocycles. The van der Waals surface area contributed by atoms with Gasteiger partial charge in [0.2, 0.25) is 11.8 Å². The monoisotopic (exact) mass is 684 g/mol. The fourth-order valence-electron chi connectivity index (χ4n) is 3.98. The number of carbonyl (C=O) groups is 4. The topological polar surface area (TPSA) is 291 Å². The van der Waals surface area contributed by atoms with Crippen LogP contribution in [0.5, 0.6) is 0 Å². The van der Waals surface area contributed by atoms with Gasteiger partial charge in [-0.05, 0) is 12.8 Å². The number of urea groups is 1. The zero-order chi connectivity index (χ0) is 34.9. The average Bonchev–Trinajstić information content (AvgIpc) is 3.51. The third-order valence-electron chi connectivity index (χ3n) is 6.17. The molecule has 0 aromatic rings. The minimum Gasteiger partial charge on any atom is -0.388 e. The number of rotatable bonds is 20. The third-order valence-corrected chi connectivity index (χ3v) is 10.3. The van der Waals surface area contributed by atoms with Crippen LogP contribution in [0.4, 0.5) is 4.79 Å². The van der Waals surface area contributed by atoms with E-state index in [2.05, 4.69) is 29.3 Å². The van der Waals surface area contributed by atoms with E-state index in [0.717, 1.165) is 5.75 Å². The van der Waals surface area contributed by atoms with Crippen LogP contribution >= 0.6 is 27.4 Å². The lowest BCUT2D eigenvalue weighted by Crippen LogP contribution is -2.45. The Morgan fingerprint density at radius 1 is 1.16 bits per heavy atom. The Morgan fingerprint density at radius 2 is 1.86 bits per heavy atom. The average molecular weight is 685 g/mol. The number of nitrogens with one attached hydrogen (secondary N) is 3. The number of thioether (sulfide) groups is 1. The number of carbonyl (C=O) groups excluding carboxylic acids is 4. The van der Waals surface area contributed by atoms with Crippen molar-refractivity contribution >= 4 is 51.0 Å². The van der Waals surface area contributed by atoms with Crippen molar-refractivity contribution in [1.82, 2.24) is 20.9 Å². The van der Waals surface area contributed by atoms with E-state index in [-0.39, 0.29) is 29.8 Å². The molecule has 19 nitrogen and oxygen atoms in total. The van der Waals surface area contributed by atoms with E-state index in [9.17, 15) is 53.4 Å². The number of unbranched alkanes of at least 4 members (excludes halogenated alkanes) is 1. The Kier molecular flexibility index (Phi) is 13.0. The molecule has 2 aliphatic heterocycles. The third kappa shape index (κ3) is 12.7. The molecule has 0 saturated carbocycles. The number of nitrogens with zero attached hydrogens (tertiary/aromatic N) is 1. The van der Waals surface area contributed by atoms with E-state index in [4.69, 9.17) is 9.22 Å². The van der Waals surface area contributed by atoms with Crippen LogP contribution in [-0.2, 0) is 36.9 Å². The summed E-state index contributed by atoms with van der Waals surface area (Å²) in [5, 5.41) is 45.3. The highest BCUT2D eigenvalue weighted by atomic mass is 32.2. The van der Waals surface area contributed by atoms with Crippen molar-refractivity contribution in [1.29, 1.82) is 0 Å². The van der Waals surface area contributed by atoms with Crippen LogP contribution in [0.2, 0.25) is 0 Å². The van der Waals surface area contributed by atoms with Gasteiger partial charge in [-0.15, -0.1) is 0 Å². The molecule has 2 saturated heterocycles. The largest absolute Gasteiger partial charge is 0.481 e. The van der Waals surface area contributed by atoms with Crippen molar-refractivity contribution in [2.45, 2.75) is 61.3 Å². The van der Waals surface area contributed by atoms with Gasteiger partial charge in [-0.3, -0.25) is 23.4 Å². The predicted molar refractivity (Wildman–Crippen MR) is 147 cm³/mol. The molecule has 2 heterocycles. The molecule has 4 amide bonds. The zero-order valence-electron chi connectivity index (χ0n) is 25.6. The molecule has 2 unspecified atom stereocenters. The molecule has 2 fully saturated rings. The molecule has 0 bridgehead atoms. The number of ketones is 1. The SMILES string of the molecule is [2H]C([2H])([2H])N(C[13C](=O)NCCOP(=O)(O)OP(=O)(O)OC[C@@H](O)[C@@H](O)[C@H](O)C(=O)CO)C(=O)CCCC[C@@H]1SC[C@@H]2NC(=O)N[C@@H]21. The normalized spacial score (nSPS) is 25.8. The van der Waals surface area contributed by atoms with Crippen molar-refractivity contribution in [3.63, 3.8) is 0 Å². The predicted octanol–water partition coefficient (Wildman–Crippen LogP) is -2.82. The van der Waals surface area contributed by atoms with E-state index < -0.39 is 91.4 Å². The van der Waals surface area contributed by atoms with Gasteiger partial charge in [0.25, 0.3) is 0 Å². The maximum Gasteiger partial charge on any atom is 0.481 e. The van der Waals surface area contributed by atoms with Crippen LogP contribution in [0, 0.1) is 0 Å². The Hall–Kier alpha value is -1.67. The number of amides is 4. The van der Waals surface area contributed by atoms with Crippen LogP contribution in [0.3, 0.4) is 0 Å². The van der Waals surface area contributed by atoms with Crippen LogP contribution < -0.4 is 16.0 Å². The summed E-state index contributed by atoms with van der Waals surface area (Å²) in [6.07, 6.45) is -5.26. The minimum absolute atomic E-state index is 0.0142. The number of fused-ring (bicyclic) bond motifs is 1. The van der Waals surface area contributed by atoms with Crippen molar-refractivity contribution in [3.05, 3.63) is 0 Å². The van der Waals surface area contributed by atoms with Gasteiger partial charge in [-0.2, -0.15) is 16.1 Å². The van der Waals surface area contributed by atoms with Gasteiger partial charge in [-0.25, -0.2) is 13.9 Å². The molecule has 8 atom stereocenters. The Labute approximate surface area is 255 Å². The Balaban J connectivity index is 1.72. The molecule has 0 aromatic carbocycles. The van der Waals surface area contributed by atoms with E-state index in [0.29, 0.717) is 24.2 Å². The van der Waals surface area contributed by atoms with Crippen molar-refractivity contribution in [2.24, 2.45) is 0 Å². The highest BCUT2D eigenvalue weighted by Crippen LogP contribution is 2.60. The van der Waals surface area contributed by atoms with Crippen LogP contribution in [0.15, 0.2) is 0 Å². The second-order valence-corrected chi connectivity index (χ2v) is 13.8. The molecule has 0 spiro atoms. The summed E-state index contributed by atoms with van der Waals surface area (Å²) in [6, 6.07) is -0.194. The number of hydrogen-bond donors (Lipinski definition) is 9. The molecular weight excluding hydrogens is 643 g/mol. The number of hydrogen-bond acceptors (Lipinski definition) is 14. The molecule has 2 rings (SSSR count). The van der Waals surface area contributed by atoms with Crippen LogP contribution in [0.25, 0.3) is 0 Å². The summed E-state index contributed by atoms with van der Waals surface area (Å²) in [4.78, 5) is 67.2. The highest BCUT2D eigenvalue weighted by Gasteiger charge is 2.42. The number of phosphoric acid groups is 2. The van der Waals surface area contributed by atoms with E-state index in [1.165, 1.54) is 0 Å². The summed E-state index contributed by atoms with van der Waals surface area (Å²) < 4.78 is 59.4. The molecule has 0 aliphatic carbocycles. The summed E-state index contributed by atoms with van der Waals surface area (Å²) >= 11 is 1.69. The fourth-order valence-corrected chi connectivity index (χ4v) is 7.61. The first-order valence-electron chi connectivity index (χ1n) is 14.4. The lowest BCUT2D eigenvalue weighted by Gasteiger charge is -2.22. The molecular formula is C21H38N4O15P2S. The second kappa shape index (κ2) is 17.1. The van der Waals surface area contributed by atoms with Gasteiger partial charge in [-0.1, -0.05) is 6.42 Å². The first kappa shape index (κ1) is 32.7. The van der Waals surface area contributed by atoms with Gasteiger partial charge >= 0.3 is 21.7 Å². The summed E-state index contributed by atoms with van der Waals surface area (Å²) in [6.45, 7) is -7.65. The first-order valence-corrected chi connectivity index (χ1v) is 16.9. The molecule has 9 N–H and O–H groups in total. The maximum absolute atomic E-state index is 12.6.